The number of benzene rings is 2. The SMILES string of the molecule is COC(=O)c1cc(NC(=O)Oc2ccc(OC)cc2)nc(-c2ccc(-c3cccnc3)cc2)c1. The molecule has 0 fully saturated rings. The molecule has 0 spiro atoms. The molecule has 0 bridgehead atoms. The van der Waals surface area contributed by atoms with Crippen LogP contribution in [0, 0.1) is 0 Å². The fourth-order valence-corrected chi connectivity index (χ4v) is 3.23. The molecular weight excluding hydrogens is 434 g/mol. The van der Waals surface area contributed by atoms with Crippen LogP contribution in [0.15, 0.2) is 85.2 Å². The third kappa shape index (κ3) is 5.36. The zero-order chi connectivity index (χ0) is 23.9. The number of nitrogens with zero attached hydrogens (tertiary/aromatic N) is 2. The van der Waals surface area contributed by atoms with Gasteiger partial charge in [-0.3, -0.25) is 10.3 Å². The molecule has 2 heterocycles. The number of aromatic nitrogens is 2. The maximum atomic E-state index is 12.4. The van der Waals surface area contributed by atoms with E-state index in [-0.39, 0.29) is 11.4 Å². The molecular formula is C26H21N3O5. The minimum atomic E-state index is -0.752. The Morgan fingerprint density at radius 3 is 2.18 bits per heavy atom. The average molecular weight is 455 g/mol. The normalized spacial score (nSPS) is 10.3. The first-order chi connectivity index (χ1) is 16.6. The van der Waals surface area contributed by atoms with Crippen molar-refractivity contribution in [1.29, 1.82) is 0 Å². The van der Waals surface area contributed by atoms with Crippen molar-refractivity contribution in [2.24, 2.45) is 0 Å². The molecule has 4 aromatic rings. The zero-order valence-electron chi connectivity index (χ0n) is 18.5. The van der Waals surface area contributed by atoms with E-state index in [0.29, 0.717) is 17.2 Å². The minimum Gasteiger partial charge on any atom is -0.497 e. The molecule has 0 aliphatic heterocycles. The Labute approximate surface area is 196 Å². The molecule has 0 unspecified atom stereocenters. The number of methoxy groups -OCH3 is 2. The number of ether oxygens (including phenoxy) is 3. The lowest BCUT2D eigenvalue weighted by Crippen LogP contribution is -2.18. The summed E-state index contributed by atoms with van der Waals surface area (Å²) in [5, 5.41) is 2.57. The quantitative estimate of drug-likeness (QED) is 0.398. The second-order valence-corrected chi connectivity index (χ2v) is 7.13. The second kappa shape index (κ2) is 10.3. The Morgan fingerprint density at radius 1 is 0.824 bits per heavy atom. The van der Waals surface area contributed by atoms with Crippen LogP contribution in [0.4, 0.5) is 10.6 Å². The molecule has 34 heavy (non-hydrogen) atoms. The monoisotopic (exact) mass is 455 g/mol. The van der Waals surface area contributed by atoms with E-state index in [1.807, 2.05) is 36.4 Å². The molecule has 2 aromatic carbocycles. The first-order valence-corrected chi connectivity index (χ1v) is 10.3. The van der Waals surface area contributed by atoms with Crippen LogP contribution in [0.3, 0.4) is 0 Å². The van der Waals surface area contributed by atoms with Crippen LogP contribution in [0.1, 0.15) is 10.4 Å². The number of amides is 1. The van der Waals surface area contributed by atoms with Gasteiger partial charge in [0.2, 0.25) is 0 Å². The van der Waals surface area contributed by atoms with Crippen molar-refractivity contribution in [2.75, 3.05) is 19.5 Å². The van der Waals surface area contributed by atoms with Crippen molar-refractivity contribution >= 4 is 17.9 Å². The van der Waals surface area contributed by atoms with E-state index in [9.17, 15) is 9.59 Å². The zero-order valence-corrected chi connectivity index (χ0v) is 18.5. The van der Waals surface area contributed by atoms with Crippen LogP contribution in [0.5, 0.6) is 11.5 Å². The van der Waals surface area contributed by atoms with Gasteiger partial charge < -0.3 is 14.2 Å². The van der Waals surface area contributed by atoms with Crippen molar-refractivity contribution in [3.63, 3.8) is 0 Å². The fraction of sp³-hybridized carbons (Fsp3) is 0.0769. The number of esters is 1. The van der Waals surface area contributed by atoms with Gasteiger partial charge in [0, 0.05) is 18.0 Å². The molecule has 0 aliphatic carbocycles. The number of carbonyl (C=O) groups excluding carboxylic acids is 2. The van der Waals surface area contributed by atoms with Gasteiger partial charge in [-0.05, 0) is 53.6 Å². The molecule has 0 atom stereocenters. The smallest absolute Gasteiger partial charge is 0.418 e. The lowest BCUT2D eigenvalue weighted by Gasteiger charge is -2.11. The lowest BCUT2D eigenvalue weighted by atomic mass is 10.0. The molecule has 2 aromatic heterocycles. The van der Waals surface area contributed by atoms with Gasteiger partial charge in [0.15, 0.2) is 0 Å². The Hall–Kier alpha value is -4.72. The molecule has 1 N–H and O–H groups in total. The van der Waals surface area contributed by atoms with E-state index >= 15 is 0 Å². The van der Waals surface area contributed by atoms with Crippen molar-refractivity contribution in [3.05, 3.63) is 90.8 Å². The molecule has 0 radical (unpaired) electrons. The van der Waals surface area contributed by atoms with Crippen molar-refractivity contribution in [2.45, 2.75) is 0 Å². The largest absolute Gasteiger partial charge is 0.497 e. The molecule has 0 aliphatic rings. The van der Waals surface area contributed by atoms with Crippen molar-refractivity contribution in [1.82, 2.24) is 9.97 Å². The highest BCUT2D eigenvalue weighted by Gasteiger charge is 2.14. The summed E-state index contributed by atoms with van der Waals surface area (Å²) in [4.78, 5) is 33.2. The van der Waals surface area contributed by atoms with E-state index < -0.39 is 12.1 Å². The summed E-state index contributed by atoms with van der Waals surface area (Å²) in [5.74, 6) is 0.558. The number of hydrogen-bond acceptors (Lipinski definition) is 7. The van der Waals surface area contributed by atoms with Crippen molar-refractivity contribution < 1.29 is 23.8 Å². The Balaban J connectivity index is 1.58. The highest BCUT2D eigenvalue weighted by molar-refractivity contribution is 5.93. The topological polar surface area (TPSA) is 99.6 Å². The summed E-state index contributed by atoms with van der Waals surface area (Å²) in [7, 11) is 2.84. The average Bonchev–Trinajstić information content (AvgIpc) is 2.89. The van der Waals surface area contributed by atoms with Crippen LogP contribution >= 0.6 is 0 Å². The van der Waals surface area contributed by atoms with Crippen LogP contribution in [-0.2, 0) is 4.74 Å². The first-order valence-electron chi connectivity index (χ1n) is 10.3. The highest BCUT2D eigenvalue weighted by atomic mass is 16.6. The number of nitrogens with one attached hydrogen (secondary N) is 1. The van der Waals surface area contributed by atoms with E-state index in [2.05, 4.69) is 15.3 Å². The van der Waals surface area contributed by atoms with Gasteiger partial charge in [-0.25, -0.2) is 14.6 Å². The molecule has 170 valence electrons. The van der Waals surface area contributed by atoms with Crippen LogP contribution < -0.4 is 14.8 Å². The summed E-state index contributed by atoms with van der Waals surface area (Å²) < 4.78 is 15.2. The maximum absolute atomic E-state index is 12.4. The lowest BCUT2D eigenvalue weighted by molar-refractivity contribution is 0.0600. The number of hydrogen-bond donors (Lipinski definition) is 1. The number of carbonyl (C=O) groups is 2. The summed E-state index contributed by atoms with van der Waals surface area (Å²) in [6, 6.07) is 21.0. The summed E-state index contributed by atoms with van der Waals surface area (Å²) >= 11 is 0. The molecule has 0 saturated carbocycles. The third-order valence-electron chi connectivity index (χ3n) is 4.92. The predicted molar refractivity (Wildman–Crippen MR) is 127 cm³/mol. The molecule has 1 amide bonds. The summed E-state index contributed by atoms with van der Waals surface area (Å²) in [5.41, 5.74) is 3.45. The third-order valence-corrected chi connectivity index (χ3v) is 4.92. The molecule has 0 saturated heterocycles. The Morgan fingerprint density at radius 2 is 1.53 bits per heavy atom. The fourth-order valence-electron chi connectivity index (χ4n) is 3.23. The molecule has 4 rings (SSSR count). The minimum absolute atomic E-state index is 0.146. The van der Waals surface area contributed by atoms with Crippen LogP contribution in [0.25, 0.3) is 22.4 Å². The Kier molecular flexibility index (Phi) is 6.78. The van der Waals surface area contributed by atoms with Gasteiger partial charge in [0.1, 0.15) is 17.3 Å². The van der Waals surface area contributed by atoms with Gasteiger partial charge >= 0.3 is 12.1 Å². The van der Waals surface area contributed by atoms with E-state index in [0.717, 1.165) is 16.7 Å². The van der Waals surface area contributed by atoms with Gasteiger partial charge in [0.25, 0.3) is 0 Å². The molecule has 8 heteroatoms. The van der Waals surface area contributed by atoms with Gasteiger partial charge in [-0.1, -0.05) is 30.3 Å². The van der Waals surface area contributed by atoms with E-state index in [1.54, 1.807) is 49.8 Å². The first kappa shape index (κ1) is 22.5. The van der Waals surface area contributed by atoms with Crippen molar-refractivity contribution in [3.8, 4) is 33.9 Å². The van der Waals surface area contributed by atoms with E-state index in [4.69, 9.17) is 14.2 Å². The number of pyridine rings is 2. The van der Waals surface area contributed by atoms with Crippen LogP contribution in [-0.4, -0.2) is 36.3 Å². The van der Waals surface area contributed by atoms with Gasteiger partial charge in [-0.2, -0.15) is 0 Å². The highest BCUT2D eigenvalue weighted by Crippen LogP contribution is 2.26. The maximum Gasteiger partial charge on any atom is 0.418 e. The summed E-state index contributed by atoms with van der Waals surface area (Å²) in [6.45, 7) is 0. The summed E-state index contributed by atoms with van der Waals surface area (Å²) in [6.07, 6.45) is 2.74. The predicted octanol–water partition coefficient (Wildman–Crippen LogP) is 5.22. The number of rotatable bonds is 6. The Bertz CT molecular complexity index is 1290. The standard InChI is InChI=1S/C26H21N3O5/c1-32-21-9-11-22(12-10-21)34-26(31)29-24-15-20(25(30)33-2)14-23(28-24)18-7-5-17(6-8-18)19-4-3-13-27-16-19/h3-16H,1-2H3,(H,28,29,31). The molecule has 8 nitrogen and oxygen atoms in total. The van der Waals surface area contributed by atoms with Gasteiger partial charge in [0.05, 0.1) is 25.5 Å². The second-order valence-electron chi connectivity index (χ2n) is 7.13. The van der Waals surface area contributed by atoms with Gasteiger partial charge in [-0.15, -0.1) is 0 Å². The number of anilines is 1. The van der Waals surface area contributed by atoms with E-state index in [1.165, 1.54) is 13.2 Å². The van der Waals surface area contributed by atoms with Crippen LogP contribution in [0.2, 0.25) is 0 Å².